The van der Waals surface area contributed by atoms with Crippen molar-refractivity contribution in [1.29, 1.82) is 5.26 Å². The Labute approximate surface area is 215 Å². The van der Waals surface area contributed by atoms with E-state index < -0.39 is 28.7 Å². The van der Waals surface area contributed by atoms with E-state index in [2.05, 4.69) is 30.9 Å². The molecule has 2 heterocycles. The standard InChI is InChI=1S/C26H23F3N8O/c1-3-31-25(34-14-30)32-11-12-33-26-35-22(17-8-7-16(27)13-15(17)2)18-9-10-21(38)37(24(18)36-26)23-19(28)5-4-6-20(23)29/h4-10,13H,3,11-12H2,1-2H3,(H2,31,32,34)(H,33,35,36). The molecular formula is C26H23F3N8O. The summed E-state index contributed by atoms with van der Waals surface area (Å²) < 4.78 is 44.3. The number of nitrogens with one attached hydrogen (secondary N) is 3. The molecule has 9 nitrogen and oxygen atoms in total. The summed E-state index contributed by atoms with van der Waals surface area (Å²) in [7, 11) is 0. The highest BCUT2D eigenvalue weighted by atomic mass is 19.1. The van der Waals surface area contributed by atoms with Gasteiger partial charge in [-0.2, -0.15) is 10.2 Å². The van der Waals surface area contributed by atoms with Crippen molar-refractivity contribution in [3.05, 3.63) is 81.9 Å². The van der Waals surface area contributed by atoms with Gasteiger partial charge in [-0.15, -0.1) is 0 Å². The second kappa shape index (κ2) is 11.4. The summed E-state index contributed by atoms with van der Waals surface area (Å²) in [5.74, 6) is -1.96. The van der Waals surface area contributed by atoms with E-state index in [1.54, 1.807) is 13.1 Å². The molecule has 0 spiro atoms. The molecule has 0 saturated carbocycles. The molecule has 12 heteroatoms. The molecule has 0 bridgehead atoms. The largest absolute Gasteiger partial charge is 0.354 e. The van der Waals surface area contributed by atoms with Gasteiger partial charge in [0.2, 0.25) is 11.9 Å². The number of hydrogen-bond acceptors (Lipinski definition) is 6. The molecule has 2 aromatic heterocycles. The minimum absolute atomic E-state index is 0.0370. The summed E-state index contributed by atoms with van der Waals surface area (Å²) in [6.07, 6.45) is 1.79. The second-order valence-electron chi connectivity index (χ2n) is 8.08. The van der Waals surface area contributed by atoms with Gasteiger partial charge in [-0.05, 0) is 55.8 Å². The summed E-state index contributed by atoms with van der Waals surface area (Å²) in [5, 5.41) is 17.6. The van der Waals surface area contributed by atoms with E-state index >= 15 is 0 Å². The molecule has 0 atom stereocenters. The fraction of sp³-hybridized carbons (Fsp3) is 0.192. The topological polar surface area (TPSA) is 120 Å². The van der Waals surface area contributed by atoms with Crippen molar-refractivity contribution in [3.63, 3.8) is 0 Å². The van der Waals surface area contributed by atoms with Crippen molar-refractivity contribution >= 4 is 22.9 Å². The van der Waals surface area contributed by atoms with Crippen LogP contribution in [-0.2, 0) is 0 Å². The maximum absolute atomic E-state index is 14.8. The van der Waals surface area contributed by atoms with Crippen molar-refractivity contribution in [2.75, 3.05) is 25.0 Å². The van der Waals surface area contributed by atoms with Crippen LogP contribution in [-0.4, -0.2) is 40.1 Å². The first-order valence-corrected chi connectivity index (χ1v) is 11.7. The van der Waals surface area contributed by atoms with Gasteiger partial charge >= 0.3 is 0 Å². The van der Waals surface area contributed by atoms with Crippen LogP contribution in [0.1, 0.15) is 12.5 Å². The number of fused-ring (bicyclic) bond motifs is 1. The summed E-state index contributed by atoms with van der Waals surface area (Å²) in [6, 6.07) is 10.1. The Balaban J connectivity index is 1.85. The maximum Gasteiger partial charge on any atom is 0.256 e. The van der Waals surface area contributed by atoms with Crippen molar-refractivity contribution < 1.29 is 13.2 Å². The number of para-hydroxylation sites is 1. The number of nitrogens with zero attached hydrogens (tertiary/aromatic N) is 5. The number of nitriles is 1. The first-order chi connectivity index (χ1) is 18.3. The monoisotopic (exact) mass is 520 g/mol. The van der Waals surface area contributed by atoms with Crippen LogP contribution in [0.2, 0.25) is 0 Å². The van der Waals surface area contributed by atoms with Crippen molar-refractivity contribution in [1.82, 2.24) is 25.2 Å². The molecular weight excluding hydrogens is 497 g/mol. The van der Waals surface area contributed by atoms with Crippen LogP contribution in [0.5, 0.6) is 0 Å². The summed E-state index contributed by atoms with van der Waals surface area (Å²) >= 11 is 0. The Morgan fingerprint density at radius 3 is 2.53 bits per heavy atom. The van der Waals surface area contributed by atoms with Crippen molar-refractivity contribution in [3.8, 4) is 23.1 Å². The van der Waals surface area contributed by atoms with Crippen LogP contribution in [0, 0.1) is 35.8 Å². The third-order valence-electron chi connectivity index (χ3n) is 5.55. The third kappa shape index (κ3) is 5.41. The van der Waals surface area contributed by atoms with E-state index in [0.717, 1.165) is 16.7 Å². The van der Waals surface area contributed by atoms with Crippen LogP contribution in [0.4, 0.5) is 19.1 Å². The van der Waals surface area contributed by atoms with Gasteiger partial charge in [0.1, 0.15) is 23.1 Å². The SMILES string of the molecule is CC/N=C(\NC#N)NCCNc1nc(-c2ccc(F)cc2C)c2ccc(=O)n(-c3c(F)cccc3F)c2n1. The van der Waals surface area contributed by atoms with Crippen molar-refractivity contribution in [2.24, 2.45) is 4.99 Å². The van der Waals surface area contributed by atoms with Crippen LogP contribution in [0.15, 0.2) is 58.3 Å². The molecule has 0 saturated heterocycles. The van der Waals surface area contributed by atoms with Crippen molar-refractivity contribution in [2.45, 2.75) is 13.8 Å². The Morgan fingerprint density at radius 2 is 1.84 bits per heavy atom. The molecule has 0 aliphatic carbocycles. The Morgan fingerprint density at radius 1 is 1.08 bits per heavy atom. The van der Waals surface area contributed by atoms with Crippen LogP contribution in [0.3, 0.4) is 0 Å². The predicted octanol–water partition coefficient (Wildman–Crippen LogP) is 3.62. The highest BCUT2D eigenvalue weighted by Crippen LogP contribution is 2.31. The highest BCUT2D eigenvalue weighted by Gasteiger charge is 2.20. The van der Waals surface area contributed by atoms with Crippen LogP contribution in [0.25, 0.3) is 28.0 Å². The Kier molecular flexibility index (Phi) is 7.86. The molecule has 4 rings (SSSR count). The van der Waals surface area contributed by atoms with E-state index in [4.69, 9.17) is 5.26 Å². The normalized spacial score (nSPS) is 11.3. The summed E-state index contributed by atoms with van der Waals surface area (Å²) in [5.41, 5.74) is 0.153. The van der Waals surface area contributed by atoms with Gasteiger partial charge in [0.25, 0.3) is 5.56 Å². The van der Waals surface area contributed by atoms with Crippen LogP contribution < -0.4 is 21.5 Å². The number of anilines is 1. The molecule has 2 aromatic carbocycles. The molecule has 38 heavy (non-hydrogen) atoms. The molecule has 0 fully saturated rings. The molecule has 0 amide bonds. The molecule has 3 N–H and O–H groups in total. The molecule has 0 aliphatic heterocycles. The van der Waals surface area contributed by atoms with Gasteiger partial charge in [-0.3, -0.25) is 19.7 Å². The zero-order valence-electron chi connectivity index (χ0n) is 20.5. The van der Waals surface area contributed by atoms with Gasteiger partial charge in [-0.1, -0.05) is 6.07 Å². The highest BCUT2D eigenvalue weighted by molar-refractivity contribution is 5.93. The molecule has 194 valence electrons. The molecule has 0 unspecified atom stereocenters. The fourth-order valence-corrected chi connectivity index (χ4v) is 3.92. The Bertz CT molecular complexity index is 1610. The van der Waals surface area contributed by atoms with E-state index in [0.29, 0.717) is 41.3 Å². The quantitative estimate of drug-likeness (QED) is 0.112. The van der Waals surface area contributed by atoms with Crippen LogP contribution >= 0.6 is 0 Å². The number of aryl methyl sites for hydroxylation is 1. The minimum Gasteiger partial charge on any atom is -0.354 e. The van der Waals surface area contributed by atoms with E-state index in [1.807, 2.05) is 6.92 Å². The van der Waals surface area contributed by atoms with E-state index in [1.165, 1.54) is 36.4 Å². The zero-order valence-corrected chi connectivity index (χ0v) is 20.5. The second-order valence-corrected chi connectivity index (χ2v) is 8.08. The zero-order chi connectivity index (χ0) is 27.2. The first kappa shape index (κ1) is 26.2. The Hall–Kier alpha value is -4.92. The lowest BCUT2D eigenvalue weighted by atomic mass is 10.0. The van der Waals surface area contributed by atoms with E-state index in [-0.39, 0.29) is 18.1 Å². The van der Waals surface area contributed by atoms with Gasteiger partial charge < -0.3 is 10.6 Å². The number of pyridine rings is 1. The average molecular weight is 521 g/mol. The fourth-order valence-electron chi connectivity index (χ4n) is 3.92. The number of rotatable bonds is 7. The predicted molar refractivity (Wildman–Crippen MR) is 138 cm³/mol. The third-order valence-corrected chi connectivity index (χ3v) is 5.55. The lowest BCUT2D eigenvalue weighted by Gasteiger charge is -2.16. The van der Waals surface area contributed by atoms with E-state index in [9.17, 15) is 18.0 Å². The first-order valence-electron chi connectivity index (χ1n) is 11.7. The lowest BCUT2D eigenvalue weighted by Crippen LogP contribution is -2.37. The number of benzene rings is 2. The number of guanidine groups is 1. The van der Waals surface area contributed by atoms with Gasteiger partial charge in [0.05, 0.1) is 5.69 Å². The molecule has 0 radical (unpaired) electrons. The average Bonchev–Trinajstić information content (AvgIpc) is 2.87. The van der Waals surface area contributed by atoms with Gasteiger partial charge in [0, 0.05) is 36.7 Å². The number of aliphatic imine (C=N–C) groups is 1. The number of aromatic nitrogens is 3. The smallest absolute Gasteiger partial charge is 0.256 e. The van der Waals surface area contributed by atoms with Gasteiger partial charge in [0.15, 0.2) is 11.8 Å². The van der Waals surface area contributed by atoms with Gasteiger partial charge in [-0.25, -0.2) is 18.2 Å². The molecule has 0 aliphatic rings. The minimum atomic E-state index is -0.941. The summed E-state index contributed by atoms with van der Waals surface area (Å²) in [6.45, 7) is 4.55. The number of halogens is 3. The maximum atomic E-state index is 14.8. The lowest BCUT2D eigenvalue weighted by molar-refractivity contribution is 0.568. The number of hydrogen-bond donors (Lipinski definition) is 3. The molecule has 4 aromatic rings. The summed E-state index contributed by atoms with van der Waals surface area (Å²) in [4.78, 5) is 26.0.